The third-order valence-corrected chi connectivity index (χ3v) is 7.49. The molecule has 0 rings (SSSR count). The van der Waals surface area contributed by atoms with Crippen molar-refractivity contribution >= 4 is 11.9 Å². The van der Waals surface area contributed by atoms with E-state index in [0.717, 1.165) is 32.1 Å². The van der Waals surface area contributed by atoms with Gasteiger partial charge in [-0.3, -0.25) is 9.59 Å². The van der Waals surface area contributed by atoms with Crippen LogP contribution in [0, 0.1) is 23.7 Å². The van der Waals surface area contributed by atoms with Gasteiger partial charge < -0.3 is 9.47 Å². The molecule has 4 nitrogen and oxygen atoms in total. The Morgan fingerprint density at radius 2 is 0.865 bits per heavy atom. The number of carbonyl (C=O) groups is 2. The summed E-state index contributed by atoms with van der Waals surface area (Å²) < 4.78 is 10.7. The van der Waals surface area contributed by atoms with Crippen molar-refractivity contribution in [3.05, 3.63) is 0 Å². The number of hydrogen-bond donors (Lipinski definition) is 0. The lowest BCUT2D eigenvalue weighted by Crippen LogP contribution is -2.17. The van der Waals surface area contributed by atoms with Crippen molar-refractivity contribution in [2.45, 2.75) is 164 Å². The Bertz CT molecular complexity index is 526. The Balaban J connectivity index is 3.46. The lowest BCUT2D eigenvalue weighted by Gasteiger charge is -2.20. The van der Waals surface area contributed by atoms with Gasteiger partial charge in [0.05, 0.1) is 13.2 Å². The van der Waals surface area contributed by atoms with Gasteiger partial charge in [-0.1, -0.05) is 125 Å². The molecule has 37 heavy (non-hydrogen) atoms. The van der Waals surface area contributed by atoms with Gasteiger partial charge in [0.15, 0.2) is 0 Å². The van der Waals surface area contributed by atoms with Gasteiger partial charge in [-0.2, -0.15) is 0 Å². The maximum absolute atomic E-state index is 12.1. The number of rotatable bonds is 26. The van der Waals surface area contributed by atoms with Crippen LogP contribution in [0.2, 0.25) is 0 Å². The Morgan fingerprint density at radius 1 is 0.486 bits per heavy atom. The van der Waals surface area contributed by atoms with Crippen molar-refractivity contribution < 1.29 is 19.1 Å². The van der Waals surface area contributed by atoms with Crippen LogP contribution in [-0.2, 0) is 19.1 Å². The third kappa shape index (κ3) is 26.3. The zero-order valence-electron chi connectivity index (χ0n) is 25.8. The van der Waals surface area contributed by atoms with Crippen LogP contribution in [0.25, 0.3) is 0 Å². The van der Waals surface area contributed by atoms with Crippen molar-refractivity contribution in [3.63, 3.8) is 0 Å². The predicted molar refractivity (Wildman–Crippen MR) is 158 cm³/mol. The van der Waals surface area contributed by atoms with Crippen LogP contribution in [-0.4, -0.2) is 25.2 Å². The SMILES string of the molecule is CC(C)CCOC(=O)CCCCCCCCCCCCCCCCC(CC(=O)OCCC(C)C)C(C)C. The molecule has 0 amide bonds. The number of esters is 2. The highest BCUT2D eigenvalue weighted by molar-refractivity contribution is 5.69. The second-order valence-corrected chi connectivity index (χ2v) is 12.5. The lowest BCUT2D eigenvalue weighted by atomic mass is 9.87. The summed E-state index contributed by atoms with van der Waals surface area (Å²) in [6.07, 6.45) is 22.3. The maximum atomic E-state index is 12.1. The van der Waals surface area contributed by atoms with Crippen molar-refractivity contribution in [3.8, 4) is 0 Å². The molecule has 0 heterocycles. The van der Waals surface area contributed by atoms with Crippen LogP contribution < -0.4 is 0 Å². The highest BCUT2D eigenvalue weighted by atomic mass is 16.5. The minimum Gasteiger partial charge on any atom is -0.466 e. The molecule has 0 aromatic rings. The zero-order chi connectivity index (χ0) is 27.7. The molecule has 0 saturated carbocycles. The first-order valence-corrected chi connectivity index (χ1v) is 16.0. The molecule has 0 aliphatic rings. The van der Waals surface area contributed by atoms with Gasteiger partial charge in [-0.25, -0.2) is 0 Å². The van der Waals surface area contributed by atoms with Gasteiger partial charge in [0.1, 0.15) is 0 Å². The normalized spacial score (nSPS) is 12.5. The average Bonchev–Trinajstić information content (AvgIpc) is 2.82. The highest BCUT2D eigenvalue weighted by Gasteiger charge is 2.18. The first-order chi connectivity index (χ1) is 17.7. The molecular weight excluding hydrogens is 460 g/mol. The van der Waals surface area contributed by atoms with E-state index in [1.165, 1.54) is 77.0 Å². The number of ether oxygens (including phenoxy) is 2. The van der Waals surface area contributed by atoms with Crippen LogP contribution in [0.15, 0.2) is 0 Å². The summed E-state index contributed by atoms with van der Waals surface area (Å²) in [5.74, 6) is 2.15. The van der Waals surface area contributed by atoms with E-state index in [1.807, 2.05) is 0 Å². The molecule has 0 radical (unpaired) electrons. The third-order valence-electron chi connectivity index (χ3n) is 7.49. The van der Waals surface area contributed by atoms with Crippen molar-refractivity contribution in [2.24, 2.45) is 23.7 Å². The van der Waals surface area contributed by atoms with E-state index >= 15 is 0 Å². The summed E-state index contributed by atoms with van der Waals surface area (Å²) >= 11 is 0. The van der Waals surface area contributed by atoms with Crippen LogP contribution in [0.5, 0.6) is 0 Å². The van der Waals surface area contributed by atoms with Crippen LogP contribution in [0.4, 0.5) is 0 Å². The summed E-state index contributed by atoms with van der Waals surface area (Å²) in [4.78, 5) is 23.8. The molecule has 0 aliphatic heterocycles. The van der Waals surface area contributed by atoms with Crippen LogP contribution in [0.3, 0.4) is 0 Å². The van der Waals surface area contributed by atoms with Gasteiger partial charge in [0, 0.05) is 12.8 Å². The topological polar surface area (TPSA) is 52.6 Å². The Kier molecular flexibility index (Phi) is 24.5. The highest BCUT2D eigenvalue weighted by Crippen LogP contribution is 2.24. The van der Waals surface area contributed by atoms with Gasteiger partial charge in [0.25, 0.3) is 0 Å². The number of hydrogen-bond acceptors (Lipinski definition) is 4. The van der Waals surface area contributed by atoms with Crippen LogP contribution >= 0.6 is 0 Å². The fraction of sp³-hybridized carbons (Fsp3) is 0.939. The van der Waals surface area contributed by atoms with Crippen LogP contribution in [0.1, 0.15) is 164 Å². The Labute approximate surface area is 231 Å². The summed E-state index contributed by atoms with van der Waals surface area (Å²) in [5.41, 5.74) is 0. The first-order valence-electron chi connectivity index (χ1n) is 16.0. The van der Waals surface area contributed by atoms with Gasteiger partial charge in [0.2, 0.25) is 0 Å². The molecule has 1 unspecified atom stereocenters. The molecule has 220 valence electrons. The lowest BCUT2D eigenvalue weighted by molar-refractivity contribution is -0.146. The predicted octanol–water partition coefficient (Wildman–Crippen LogP) is 10.1. The molecule has 0 aromatic heterocycles. The monoisotopic (exact) mass is 524 g/mol. The summed E-state index contributed by atoms with van der Waals surface area (Å²) in [7, 11) is 0. The molecule has 4 heteroatoms. The Hall–Kier alpha value is -1.06. The van der Waals surface area contributed by atoms with Crippen molar-refractivity contribution in [1.29, 1.82) is 0 Å². The summed E-state index contributed by atoms with van der Waals surface area (Å²) in [6, 6.07) is 0. The smallest absolute Gasteiger partial charge is 0.306 e. The molecule has 0 bridgehead atoms. The van der Waals surface area contributed by atoms with Gasteiger partial charge in [-0.15, -0.1) is 0 Å². The van der Waals surface area contributed by atoms with E-state index in [9.17, 15) is 9.59 Å². The maximum Gasteiger partial charge on any atom is 0.306 e. The van der Waals surface area contributed by atoms with Gasteiger partial charge >= 0.3 is 11.9 Å². The molecule has 0 aliphatic carbocycles. The quantitative estimate of drug-likeness (QED) is 0.0834. The number of carbonyl (C=O) groups excluding carboxylic acids is 2. The summed E-state index contributed by atoms with van der Waals surface area (Å²) in [6.45, 7) is 14.2. The summed E-state index contributed by atoms with van der Waals surface area (Å²) in [5, 5.41) is 0. The van der Waals surface area contributed by atoms with E-state index in [-0.39, 0.29) is 11.9 Å². The van der Waals surface area contributed by atoms with Crippen molar-refractivity contribution in [1.82, 2.24) is 0 Å². The average molecular weight is 525 g/mol. The second-order valence-electron chi connectivity index (χ2n) is 12.5. The second kappa shape index (κ2) is 25.2. The number of unbranched alkanes of at least 4 members (excludes halogenated alkanes) is 13. The largest absolute Gasteiger partial charge is 0.466 e. The zero-order valence-corrected chi connectivity index (χ0v) is 25.8. The fourth-order valence-corrected chi connectivity index (χ4v) is 4.63. The first kappa shape index (κ1) is 35.9. The van der Waals surface area contributed by atoms with E-state index < -0.39 is 0 Å². The minimum absolute atomic E-state index is 0.00570. The standard InChI is InChI=1S/C33H64O4/c1-28(2)23-25-36-32(34)22-20-18-16-14-12-10-8-7-9-11-13-15-17-19-21-31(30(5)6)27-33(35)37-26-24-29(3)4/h28-31H,7-27H2,1-6H3. The van der Waals surface area contributed by atoms with E-state index in [1.54, 1.807) is 0 Å². The molecule has 0 N–H and O–H groups in total. The van der Waals surface area contributed by atoms with Gasteiger partial charge in [-0.05, 0) is 49.4 Å². The molecule has 0 saturated heterocycles. The molecule has 0 fully saturated rings. The van der Waals surface area contributed by atoms with E-state index in [2.05, 4.69) is 41.5 Å². The van der Waals surface area contributed by atoms with E-state index in [0.29, 0.717) is 49.7 Å². The molecule has 0 aromatic carbocycles. The van der Waals surface area contributed by atoms with Crippen molar-refractivity contribution in [2.75, 3.05) is 13.2 Å². The Morgan fingerprint density at radius 3 is 1.27 bits per heavy atom. The minimum atomic E-state index is -0.0186. The molecule has 1 atom stereocenters. The molecular formula is C33H64O4. The molecule has 0 spiro atoms. The fourth-order valence-electron chi connectivity index (χ4n) is 4.63. The van der Waals surface area contributed by atoms with E-state index in [4.69, 9.17) is 9.47 Å².